The maximum Gasteiger partial charge on any atom is 0.130 e. The summed E-state index contributed by atoms with van der Waals surface area (Å²) in [5, 5.41) is 0. The van der Waals surface area contributed by atoms with E-state index in [4.69, 9.17) is 4.74 Å². The van der Waals surface area contributed by atoms with Crippen molar-refractivity contribution in [2.24, 2.45) is 0 Å². The summed E-state index contributed by atoms with van der Waals surface area (Å²) in [5.74, 6) is 1.67. The molecular formula is C15H16O2S2. The number of hydrogen-bond acceptors (Lipinski definition) is 3. The Bertz CT molecular complexity index is 595. The molecule has 0 heterocycles. The van der Waals surface area contributed by atoms with E-state index in [2.05, 4.69) is 0 Å². The van der Waals surface area contributed by atoms with Crippen molar-refractivity contribution in [1.82, 2.24) is 0 Å². The van der Waals surface area contributed by atoms with Gasteiger partial charge >= 0.3 is 0 Å². The lowest BCUT2D eigenvalue weighted by molar-refractivity contribution is 0.478. The molecule has 0 saturated heterocycles. The summed E-state index contributed by atoms with van der Waals surface area (Å²) in [4.78, 5) is 1.04. The fourth-order valence-corrected chi connectivity index (χ4v) is 3.67. The summed E-state index contributed by atoms with van der Waals surface area (Å²) in [7, 11) is 0.467. The van der Waals surface area contributed by atoms with Crippen molar-refractivity contribution in [3.05, 3.63) is 53.6 Å². The smallest absolute Gasteiger partial charge is 0.130 e. The van der Waals surface area contributed by atoms with E-state index in [1.165, 1.54) is 10.8 Å². The minimum absolute atomic E-state index is 0.824. The van der Waals surface area contributed by atoms with Gasteiger partial charge in [0.2, 0.25) is 0 Å². The molecule has 1 unspecified atom stereocenters. The molecule has 100 valence electrons. The predicted octanol–water partition coefficient (Wildman–Crippen LogP) is 4.48. The van der Waals surface area contributed by atoms with Gasteiger partial charge < -0.3 is 4.74 Å². The van der Waals surface area contributed by atoms with Gasteiger partial charge in [-0.3, -0.25) is 0 Å². The highest BCUT2D eigenvalue weighted by Crippen LogP contribution is 2.33. The van der Waals surface area contributed by atoms with Crippen molar-refractivity contribution >= 4 is 20.6 Å². The van der Waals surface area contributed by atoms with Gasteiger partial charge in [-0.2, -0.15) is 0 Å². The van der Waals surface area contributed by atoms with Crippen LogP contribution in [0.3, 0.4) is 0 Å². The second kappa shape index (κ2) is 6.26. The number of hydrogen-bond donors (Lipinski definition) is 0. The maximum absolute atomic E-state index is 11.3. The fraction of sp³-hybridized carbons (Fsp3) is 0.200. The fourth-order valence-electron chi connectivity index (χ4n) is 1.71. The number of para-hydroxylation sites is 1. The maximum atomic E-state index is 11.3. The van der Waals surface area contributed by atoms with E-state index in [9.17, 15) is 4.21 Å². The van der Waals surface area contributed by atoms with Gasteiger partial charge in [0.25, 0.3) is 0 Å². The van der Waals surface area contributed by atoms with Crippen LogP contribution in [0.5, 0.6) is 11.5 Å². The van der Waals surface area contributed by atoms with Crippen LogP contribution in [0.4, 0.5) is 0 Å². The first kappa shape index (κ1) is 14.2. The van der Waals surface area contributed by atoms with E-state index in [-0.39, 0.29) is 0 Å². The summed E-state index contributed by atoms with van der Waals surface area (Å²) in [6.07, 6.45) is 1.69. The van der Waals surface area contributed by atoms with E-state index in [0.29, 0.717) is 0 Å². The lowest BCUT2D eigenvalue weighted by Crippen LogP contribution is -1.92. The third-order valence-electron chi connectivity index (χ3n) is 2.87. The summed E-state index contributed by atoms with van der Waals surface area (Å²) in [6.45, 7) is 4.05. The zero-order valence-electron chi connectivity index (χ0n) is 11.2. The Labute approximate surface area is 120 Å². The molecule has 0 bridgehead atoms. The third kappa shape index (κ3) is 3.61. The summed E-state index contributed by atoms with van der Waals surface area (Å²) >= 11 is 0. The van der Waals surface area contributed by atoms with Crippen molar-refractivity contribution in [3.8, 4) is 11.5 Å². The van der Waals surface area contributed by atoms with E-state index < -0.39 is 9.83 Å². The predicted molar refractivity (Wildman–Crippen MR) is 82.4 cm³/mol. The molecule has 0 amide bonds. The van der Waals surface area contributed by atoms with Crippen molar-refractivity contribution in [2.45, 2.75) is 18.7 Å². The van der Waals surface area contributed by atoms with Crippen LogP contribution >= 0.6 is 10.8 Å². The van der Waals surface area contributed by atoms with Gasteiger partial charge in [-0.25, -0.2) is 4.21 Å². The molecule has 0 aliphatic heterocycles. The third-order valence-corrected chi connectivity index (χ3v) is 4.97. The van der Waals surface area contributed by atoms with Crippen LogP contribution in [-0.2, 0) is 9.83 Å². The van der Waals surface area contributed by atoms with Gasteiger partial charge in [-0.15, -0.1) is 0 Å². The Morgan fingerprint density at radius 2 is 1.68 bits per heavy atom. The highest BCUT2D eigenvalue weighted by molar-refractivity contribution is 8.69. The van der Waals surface area contributed by atoms with E-state index in [0.717, 1.165) is 27.5 Å². The SMILES string of the molecule is Cc1c(Oc2ccccc2)ccc(SS(C)=O)c1C. The monoisotopic (exact) mass is 292 g/mol. The molecule has 2 nitrogen and oxygen atoms in total. The van der Waals surface area contributed by atoms with E-state index >= 15 is 0 Å². The van der Waals surface area contributed by atoms with Crippen LogP contribution < -0.4 is 4.74 Å². The van der Waals surface area contributed by atoms with Gasteiger partial charge in [0.1, 0.15) is 11.5 Å². The molecule has 19 heavy (non-hydrogen) atoms. The Morgan fingerprint density at radius 3 is 2.32 bits per heavy atom. The average Bonchev–Trinajstić information content (AvgIpc) is 2.39. The van der Waals surface area contributed by atoms with Crippen LogP contribution in [0.15, 0.2) is 47.4 Å². The molecule has 0 radical (unpaired) electrons. The van der Waals surface area contributed by atoms with Crippen LogP contribution in [0.25, 0.3) is 0 Å². The van der Waals surface area contributed by atoms with E-state index in [1.54, 1.807) is 6.26 Å². The molecule has 2 aromatic carbocycles. The molecule has 4 heteroatoms. The minimum Gasteiger partial charge on any atom is -0.457 e. The van der Waals surface area contributed by atoms with Crippen LogP contribution in [-0.4, -0.2) is 10.5 Å². The van der Waals surface area contributed by atoms with E-state index in [1.807, 2.05) is 56.3 Å². The number of rotatable bonds is 4. The molecule has 0 saturated carbocycles. The Morgan fingerprint density at radius 1 is 1.00 bits per heavy atom. The molecular weight excluding hydrogens is 276 g/mol. The standard InChI is InChI=1S/C15H16O2S2/c1-11-12(2)15(18-19(3)16)10-9-14(11)17-13-7-5-4-6-8-13/h4-10H,1-3H3. The highest BCUT2D eigenvalue weighted by Gasteiger charge is 2.09. The highest BCUT2D eigenvalue weighted by atomic mass is 33.1. The van der Waals surface area contributed by atoms with Crippen molar-refractivity contribution in [2.75, 3.05) is 6.26 Å². The zero-order valence-corrected chi connectivity index (χ0v) is 12.8. The van der Waals surface area contributed by atoms with Crippen LogP contribution in [0, 0.1) is 13.8 Å². The zero-order chi connectivity index (χ0) is 13.8. The quantitative estimate of drug-likeness (QED) is 0.777. The Kier molecular flexibility index (Phi) is 4.66. The van der Waals surface area contributed by atoms with Crippen LogP contribution in [0.2, 0.25) is 0 Å². The Balaban J connectivity index is 2.28. The summed E-state index contributed by atoms with van der Waals surface area (Å²) < 4.78 is 17.2. The largest absolute Gasteiger partial charge is 0.457 e. The second-order valence-electron chi connectivity index (χ2n) is 4.21. The van der Waals surface area contributed by atoms with Gasteiger partial charge in [0, 0.05) is 11.2 Å². The average molecular weight is 292 g/mol. The summed E-state index contributed by atoms with van der Waals surface area (Å²) in [5.41, 5.74) is 2.20. The molecule has 1 atom stereocenters. The van der Waals surface area contributed by atoms with Gasteiger partial charge in [0.05, 0.1) is 9.83 Å². The first-order valence-corrected chi connectivity index (χ1v) is 8.82. The molecule has 2 rings (SSSR count). The first-order chi connectivity index (χ1) is 9.08. The number of benzene rings is 2. The second-order valence-corrected chi connectivity index (χ2v) is 7.53. The molecule has 0 aliphatic rings. The minimum atomic E-state index is -0.904. The molecule has 0 spiro atoms. The van der Waals surface area contributed by atoms with Crippen LogP contribution in [0.1, 0.15) is 11.1 Å². The molecule has 0 fully saturated rings. The normalized spacial score (nSPS) is 12.2. The number of ether oxygens (including phenoxy) is 1. The molecule has 0 aromatic heterocycles. The molecule has 0 N–H and O–H groups in total. The van der Waals surface area contributed by atoms with Gasteiger partial charge in [-0.05, 0) is 60.0 Å². The van der Waals surface area contributed by atoms with Gasteiger partial charge in [0.15, 0.2) is 0 Å². The lowest BCUT2D eigenvalue weighted by atomic mass is 10.1. The lowest BCUT2D eigenvalue weighted by Gasteiger charge is -2.13. The molecule has 2 aromatic rings. The topological polar surface area (TPSA) is 26.3 Å². The first-order valence-electron chi connectivity index (χ1n) is 5.93. The van der Waals surface area contributed by atoms with Crippen molar-refractivity contribution < 1.29 is 8.95 Å². The Hall–Kier alpha value is -1.26. The summed E-state index contributed by atoms with van der Waals surface area (Å²) in [6, 6.07) is 13.6. The van der Waals surface area contributed by atoms with Crippen molar-refractivity contribution in [1.29, 1.82) is 0 Å². The van der Waals surface area contributed by atoms with Gasteiger partial charge in [-0.1, -0.05) is 18.2 Å². The molecule has 0 aliphatic carbocycles. The van der Waals surface area contributed by atoms with Crippen molar-refractivity contribution in [3.63, 3.8) is 0 Å².